The molecule has 0 fully saturated rings. The summed E-state index contributed by atoms with van der Waals surface area (Å²) in [6.07, 6.45) is 3.21. The molecule has 0 aromatic heterocycles. The summed E-state index contributed by atoms with van der Waals surface area (Å²) in [5.74, 6) is 0.507. The molecule has 0 aliphatic carbocycles. The molecule has 1 aromatic carbocycles. The van der Waals surface area contributed by atoms with E-state index in [9.17, 15) is 4.79 Å². The van der Waals surface area contributed by atoms with Gasteiger partial charge in [0.15, 0.2) is 0 Å². The summed E-state index contributed by atoms with van der Waals surface area (Å²) in [6.45, 7) is 7.30. The van der Waals surface area contributed by atoms with Crippen LogP contribution in [0.25, 0.3) is 0 Å². The Bertz CT molecular complexity index is 468. The Morgan fingerprint density at radius 3 is 2.65 bits per heavy atom. The molecule has 0 bridgehead atoms. The predicted molar refractivity (Wildman–Crippen MR) is 80.1 cm³/mol. The van der Waals surface area contributed by atoms with Gasteiger partial charge in [0.1, 0.15) is 12.4 Å². The first kappa shape index (κ1) is 14.9. The number of primary amides is 1. The Labute approximate surface area is 120 Å². The number of benzene rings is 1. The van der Waals surface area contributed by atoms with Crippen molar-refractivity contribution in [2.75, 3.05) is 19.7 Å². The standard InChI is InChI=1S/C16H24N2O2/c1-3-7-18(8-4-2)14-10-13-9-12(16(17)19)5-6-15(13)20-11-14/h5-6,9,14H,3-4,7-8,10-11H2,1-2H3,(H2,17,19). The van der Waals surface area contributed by atoms with E-state index in [1.807, 2.05) is 12.1 Å². The topological polar surface area (TPSA) is 55.6 Å². The van der Waals surface area contributed by atoms with Crippen molar-refractivity contribution < 1.29 is 9.53 Å². The zero-order valence-electron chi connectivity index (χ0n) is 12.4. The summed E-state index contributed by atoms with van der Waals surface area (Å²) in [4.78, 5) is 13.8. The maximum atomic E-state index is 11.3. The lowest BCUT2D eigenvalue weighted by Gasteiger charge is -2.35. The lowest BCUT2D eigenvalue weighted by Crippen LogP contribution is -2.44. The SMILES string of the molecule is CCCN(CCC)C1COc2ccc(C(N)=O)cc2C1. The Morgan fingerprint density at radius 2 is 2.05 bits per heavy atom. The fourth-order valence-electron chi connectivity index (χ4n) is 2.82. The molecule has 1 amide bonds. The Balaban J connectivity index is 2.15. The number of hydrogen-bond donors (Lipinski definition) is 1. The molecule has 2 rings (SSSR count). The third kappa shape index (κ3) is 3.31. The van der Waals surface area contributed by atoms with Crippen molar-refractivity contribution in [3.8, 4) is 5.75 Å². The normalized spacial score (nSPS) is 17.6. The van der Waals surface area contributed by atoms with E-state index in [0.717, 1.165) is 50.3 Å². The second-order valence-electron chi connectivity index (χ2n) is 5.39. The van der Waals surface area contributed by atoms with Gasteiger partial charge in [-0.05, 0) is 56.1 Å². The monoisotopic (exact) mass is 276 g/mol. The summed E-state index contributed by atoms with van der Waals surface area (Å²) >= 11 is 0. The second kappa shape index (κ2) is 6.75. The second-order valence-corrected chi connectivity index (χ2v) is 5.39. The van der Waals surface area contributed by atoms with Crippen LogP contribution in [0.5, 0.6) is 5.75 Å². The van der Waals surface area contributed by atoms with Crippen molar-refractivity contribution >= 4 is 5.91 Å². The molecular weight excluding hydrogens is 252 g/mol. The van der Waals surface area contributed by atoms with Crippen molar-refractivity contribution in [3.63, 3.8) is 0 Å². The number of hydrogen-bond acceptors (Lipinski definition) is 3. The van der Waals surface area contributed by atoms with Crippen LogP contribution in [0.3, 0.4) is 0 Å². The highest BCUT2D eigenvalue weighted by Crippen LogP contribution is 2.27. The van der Waals surface area contributed by atoms with Crippen molar-refractivity contribution in [1.29, 1.82) is 0 Å². The average molecular weight is 276 g/mol. The fraction of sp³-hybridized carbons (Fsp3) is 0.562. The molecule has 0 radical (unpaired) electrons. The van der Waals surface area contributed by atoms with Crippen molar-refractivity contribution in [2.24, 2.45) is 5.73 Å². The summed E-state index contributed by atoms with van der Waals surface area (Å²) in [5, 5.41) is 0. The van der Waals surface area contributed by atoms with Gasteiger partial charge in [0, 0.05) is 11.6 Å². The first-order valence-corrected chi connectivity index (χ1v) is 7.45. The van der Waals surface area contributed by atoms with Crippen molar-refractivity contribution in [3.05, 3.63) is 29.3 Å². The lowest BCUT2D eigenvalue weighted by molar-refractivity contribution is 0.0999. The molecule has 110 valence electrons. The van der Waals surface area contributed by atoms with Gasteiger partial charge >= 0.3 is 0 Å². The average Bonchev–Trinajstić information content (AvgIpc) is 2.45. The molecule has 1 aliphatic heterocycles. The van der Waals surface area contributed by atoms with Gasteiger partial charge in [0.2, 0.25) is 5.91 Å². The molecule has 4 heteroatoms. The van der Waals surface area contributed by atoms with E-state index in [0.29, 0.717) is 11.6 Å². The number of rotatable bonds is 6. The number of ether oxygens (including phenoxy) is 1. The number of nitrogens with two attached hydrogens (primary N) is 1. The van der Waals surface area contributed by atoms with Crippen LogP contribution in [0.4, 0.5) is 0 Å². The molecule has 1 aliphatic rings. The van der Waals surface area contributed by atoms with Crippen LogP contribution in [-0.4, -0.2) is 36.5 Å². The lowest BCUT2D eigenvalue weighted by atomic mass is 9.98. The van der Waals surface area contributed by atoms with Crippen LogP contribution < -0.4 is 10.5 Å². The maximum absolute atomic E-state index is 11.3. The van der Waals surface area contributed by atoms with Crippen LogP contribution in [0.1, 0.15) is 42.6 Å². The van der Waals surface area contributed by atoms with Gasteiger partial charge in [0.05, 0.1) is 0 Å². The van der Waals surface area contributed by atoms with Crippen LogP contribution in [-0.2, 0) is 6.42 Å². The highest BCUT2D eigenvalue weighted by atomic mass is 16.5. The van der Waals surface area contributed by atoms with Gasteiger partial charge in [-0.1, -0.05) is 13.8 Å². The molecule has 20 heavy (non-hydrogen) atoms. The quantitative estimate of drug-likeness (QED) is 0.866. The number of carbonyl (C=O) groups excluding carboxylic acids is 1. The van der Waals surface area contributed by atoms with E-state index in [-0.39, 0.29) is 5.91 Å². The summed E-state index contributed by atoms with van der Waals surface area (Å²) < 4.78 is 5.85. The van der Waals surface area contributed by atoms with Gasteiger partial charge in [-0.2, -0.15) is 0 Å². The van der Waals surface area contributed by atoms with Crippen LogP contribution >= 0.6 is 0 Å². The van der Waals surface area contributed by atoms with Crippen LogP contribution in [0, 0.1) is 0 Å². The number of nitrogens with zero attached hydrogens (tertiary/aromatic N) is 1. The van der Waals surface area contributed by atoms with E-state index >= 15 is 0 Å². The molecule has 1 atom stereocenters. The molecule has 1 heterocycles. The molecule has 4 nitrogen and oxygen atoms in total. The number of amides is 1. The Hall–Kier alpha value is -1.55. The van der Waals surface area contributed by atoms with Crippen molar-refractivity contribution in [2.45, 2.75) is 39.2 Å². The molecule has 1 unspecified atom stereocenters. The number of carbonyl (C=O) groups is 1. The Morgan fingerprint density at radius 1 is 1.35 bits per heavy atom. The van der Waals surface area contributed by atoms with Gasteiger partial charge in [-0.15, -0.1) is 0 Å². The van der Waals surface area contributed by atoms with Crippen molar-refractivity contribution in [1.82, 2.24) is 4.90 Å². The molecule has 0 saturated heterocycles. The zero-order valence-corrected chi connectivity index (χ0v) is 12.4. The van der Waals surface area contributed by atoms with Gasteiger partial charge in [-0.25, -0.2) is 0 Å². The predicted octanol–water partition coefficient (Wildman–Crippen LogP) is 2.21. The molecular formula is C16H24N2O2. The van der Waals surface area contributed by atoms with Gasteiger partial charge in [0.25, 0.3) is 0 Å². The number of fused-ring (bicyclic) bond motifs is 1. The van der Waals surface area contributed by atoms with E-state index in [1.54, 1.807) is 6.07 Å². The van der Waals surface area contributed by atoms with E-state index < -0.39 is 0 Å². The van der Waals surface area contributed by atoms with E-state index in [1.165, 1.54) is 0 Å². The summed E-state index contributed by atoms with van der Waals surface area (Å²) in [5.41, 5.74) is 7.00. The fourth-order valence-corrected chi connectivity index (χ4v) is 2.82. The zero-order chi connectivity index (χ0) is 14.5. The van der Waals surface area contributed by atoms with Gasteiger partial charge < -0.3 is 10.5 Å². The largest absolute Gasteiger partial charge is 0.492 e. The molecule has 0 spiro atoms. The van der Waals surface area contributed by atoms with Gasteiger partial charge in [-0.3, -0.25) is 9.69 Å². The smallest absolute Gasteiger partial charge is 0.248 e. The Kier molecular flexibility index (Phi) is 5.01. The summed E-state index contributed by atoms with van der Waals surface area (Å²) in [6, 6.07) is 5.86. The third-order valence-electron chi connectivity index (χ3n) is 3.77. The first-order chi connectivity index (χ1) is 9.65. The highest BCUT2D eigenvalue weighted by molar-refractivity contribution is 5.93. The van der Waals surface area contributed by atoms with E-state index in [2.05, 4.69) is 18.7 Å². The minimum absolute atomic E-state index is 0.381. The van der Waals surface area contributed by atoms with Crippen LogP contribution in [0.2, 0.25) is 0 Å². The molecule has 0 saturated carbocycles. The third-order valence-corrected chi connectivity index (χ3v) is 3.77. The first-order valence-electron chi connectivity index (χ1n) is 7.45. The maximum Gasteiger partial charge on any atom is 0.248 e. The minimum Gasteiger partial charge on any atom is -0.492 e. The highest BCUT2D eigenvalue weighted by Gasteiger charge is 2.25. The summed E-state index contributed by atoms with van der Waals surface area (Å²) in [7, 11) is 0. The minimum atomic E-state index is -0.381. The molecule has 2 N–H and O–H groups in total. The van der Waals surface area contributed by atoms with E-state index in [4.69, 9.17) is 10.5 Å². The molecule has 1 aromatic rings. The van der Waals surface area contributed by atoms with Crippen LogP contribution in [0.15, 0.2) is 18.2 Å².